The summed E-state index contributed by atoms with van der Waals surface area (Å²) in [6, 6.07) is 0. The molecular weight excluding hydrogens is 94.1 g/mol. The quantitative estimate of drug-likeness (QED) is 0.374. The third kappa shape index (κ3) is 3.84. The summed E-state index contributed by atoms with van der Waals surface area (Å²) in [4.78, 5) is 3.15. The van der Waals surface area contributed by atoms with Gasteiger partial charge in [0.25, 0.3) is 0 Å². The molecule has 0 bridgehead atoms. The molecule has 0 unspecified atom stereocenters. The van der Waals surface area contributed by atoms with Crippen LogP contribution >= 0.6 is 11.8 Å². The van der Waals surface area contributed by atoms with Crippen molar-refractivity contribution in [2.24, 2.45) is 0 Å². The minimum atomic E-state index is 0.668. The number of hydrogen-bond donors (Lipinski definition) is 0. The summed E-state index contributed by atoms with van der Waals surface area (Å²) in [7, 11) is 0. The van der Waals surface area contributed by atoms with E-state index in [0.717, 1.165) is 5.75 Å². The zero-order chi connectivity index (χ0) is 4.83. The maximum Gasteiger partial charge on any atom is 0.223 e. The number of hydrogen-bond acceptors (Lipinski definition) is 1. The van der Waals surface area contributed by atoms with E-state index in [1.165, 1.54) is 0 Å². The van der Waals surface area contributed by atoms with E-state index in [-0.39, 0.29) is 0 Å². The molecule has 0 aromatic heterocycles. The minimum absolute atomic E-state index is 0.668. The SMILES string of the molecule is [C-]#[N+]CCSC. The van der Waals surface area contributed by atoms with Crippen LogP contribution in [0.4, 0.5) is 0 Å². The van der Waals surface area contributed by atoms with Gasteiger partial charge in [0, 0.05) is 0 Å². The van der Waals surface area contributed by atoms with Crippen LogP contribution < -0.4 is 0 Å². The van der Waals surface area contributed by atoms with Crippen LogP contribution in [0.15, 0.2) is 0 Å². The minimum Gasteiger partial charge on any atom is -0.316 e. The first kappa shape index (κ1) is 5.84. The smallest absolute Gasteiger partial charge is 0.223 e. The van der Waals surface area contributed by atoms with E-state index < -0.39 is 0 Å². The van der Waals surface area contributed by atoms with Crippen LogP contribution in [-0.2, 0) is 0 Å². The van der Waals surface area contributed by atoms with E-state index in [2.05, 4.69) is 4.85 Å². The molecule has 0 spiro atoms. The van der Waals surface area contributed by atoms with Crippen molar-refractivity contribution in [3.63, 3.8) is 0 Å². The van der Waals surface area contributed by atoms with Gasteiger partial charge in [0.2, 0.25) is 6.54 Å². The highest BCUT2D eigenvalue weighted by Crippen LogP contribution is 1.88. The molecule has 0 saturated carbocycles. The summed E-state index contributed by atoms with van der Waals surface area (Å²) in [5.74, 6) is 0.976. The van der Waals surface area contributed by atoms with E-state index in [0.29, 0.717) is 6.54 Å². The number of thioether (sulfide) groups is 1. The highest BCUT2D eigenvalue weighted by molar-refractivity contribution is 7.98. The molecule has 0 amide bonds. The molecule has 0 aliphatic rings. The second-order valence-electron chi connectivity index (χ2n) is 0.875. The van der Waals surface area contributed by atoms with Gasteiger partial charge < -0.3 is 4.85 Å². The predicted molar refractivity (Wildman–Crippen MR) is 29.9 cm³/mol. The van der Waals surface area contributed by atoms with Crippen molar-refractivity contribution in [3.05, 3.63) is 11.4 Å². The zero-order valence-electron chi connectivity index (χ0n) is 3.77. The van der Waals surface area contributed by atoms with Gasteiger partial charge in [-0.25, -0.2) is 6.57 Å². The maximum atomic E-state index is 6.32. The van der Waals surface area contributed by atoms with Gasteiger partial charge in [-0.2, -0.15) is 11.8 Å². The van der Waals surface area contributed by atoms with E-state index in [9.17, 15) is 0 Å². The van der Waals surface area contributed by atoms with Crippen molar-refractivity contribution in [1.29, 1.82) is 0 Å². The molecule has 0 radical (unpaired) electrons. The van der Waals surface area contributed by atoms with Crippen molar-refractivity contribution < 1.29 is 0 Å². The molecule has 34 valence electrons. The summed E-state index contributed by atoms with van der Waals surface area (Å²) < 4.78 is 0. The largest absolute Gasteiger partial charge is 0.316 e. The average Bonchev–Trinajstić information content (AvgIpc) is 1.61. The molecule has 0 aliphatic carbocycles. The summed E-state index contributed by atoms with van der Waals surface area (Å²) >= 11 is 1.71. The molecule has 0 heterocycles. The third-order valence-corrected chi connectivity index (χ3v) is 0.998. The van der Waals surface area contributed by atoms with Crippen LogP contribution in [-0.4, -0.2) is 18.6 Å². The second-order valence-corrected chi connectivity index (χ2v) is 1.86. The fourth-order valence-electron chi connectivity index (χ4n) is 0.137. The summed E-state index contributed by atoms with van der Waals surface area (Å²) in [6.07, 6.45) is 2.01. The van der Waals surface area contributed by atoms with Crippen LogP contribution in [0, 0.1) is 6.57 Å². The van der Waals surface area contributed by atoms with Gasteiger partial charge in [0.05, 0.1) is 5.75 Å². The second kappa shape index (κ2) is 4.84. The van der Waals surface area contributed by atoms with Crippen LogP contribution in [0.2, 0.25) is 0 Å². The van der Waals surface area contributed by atoms with Crippen LogP contribution in [0.1, 0.15) is 0 Å². The van der Waals surface area contributed by atoms with Crippen molar-refractivity contribution >= 4 is 11.8 Å². The van der Waals surface area contributed by atoms with Gasteiger partial charge in [0.1, 0.15) is 0 Å². The standard InChI is InChI=1S/C4H7NS/c1-5-3-4-6-2/h3-4H2,2H3. The average molecular weight is 101 g/mol. The highest BCUT2D eigenvalue weighted by atomic mass is 32.2. The molecule has 0 atom stereocenters. The molecule has 0 aromatic rings. The summed E-state index contributed by atoms with van der Waals surface area (Å²) in [6.45, 7) is 6.99. The van der Waals surface area contributed by atoms with E-state index in [1.54, 1.807) is 11.8 Å². The summed E-state index contributed by atoms with van der Waals surface area (Å²) in [5.41, 5.74) is 0. The predicted octanol–water partition coefficient (Wildman–Crippen LogP) is 1.27. The van der Waals surface area contributed by atoms with E-state index >= 15 is 0 Å². The topological polar surface area (TPSA) is 4.36 Å². The van der Waals surface area contributed by atoms with Crippen molar-refractivity contribution in [2.75, 3.05) is 18.6 Å². The number of nitrogens with zero attached hydrogens (tertiary/aromatic N) is 1. The van der Waals surface area contributed by atoms with Gasteiger partial charge >= 0.3 is 0 Å². The van der Waals surface area contributed by atoms with E-state index in [1.807, 2.05) is 6.26 Å². The molecule has 0 fully saturated rings. The molecule has 0 saturated heterocycles. The van der Waals surface area contributed by atoms with Gasteiger partial charge in [-0.1, -0.05) is 0 Å². The Kier molecular flexibility index (Phi) is 4.71. The fraction of sp³-hybridized carbons (Fsp3) is 0.750. The molecular formula is C4H7NS. The van der Waals surface area contributed by atoms with Crippen molar-refractivity contribution in [1.82, 2.24) is 0 Å². The Labute approximate surface area is 42.6 Å². The first-order valence-electron chi connectivity index (χ1n) is 1.74. The van der Waals surface area contributed by atoms with Gasteiger partial charge in [-0.15, -0.1) is 0 Å². The first-order valence-corrected chi connectivity index (χ1v) is 3.13. The highest BCUT2D eigenvalue weighted by Gasteiger charge is 1.77. The van der Waals surface area contributed by atoms with E-state index in [4.69, 9.17) is 6.57 Å². The molecule has 0 aromatic carbocycles. The van der Waals surface area contributed by atoms with Gasteiger partial charge in [-0.05, 0) is 6.26 Å². The lowest BCUT2D eigenvalue weighted by Gasteiger charge is -1.76. The van der Waals surface area contributed by atoms with Crippen LogP contribution in [0.3, 0.4) is 0 Å². The Morgan fingerprint density at radius 3 is 2.67 bits per heavy atom. The molecule has 0 rings (SSSR count). The molecule has 6 heavy (non-hydrogen) atoms. The molecule has 0 N–H and O–H groups in total. The third-order valence-electron chi connectivity index (χ3n) is 0.407. The van der Waals surface area contributed by atoms with Crippen molar-refractivity contribution in [2.45, 2.75) is 0 Å². The van der Waals surface area contributed by atoms with Crippen LogP contribution in [0.25, 0.3) is 4.85 Å². The number of rotatable bonds is 2. The Hall–Kier alpha value is -0.160. The summed E-state index contributed by atoms with van der Waals surface area (Å²) in [5, 5.41) is 0. The lowest BCUT2D eigenvalue weighted by Crippen LogP contribution is -1.76. The Bertz CT molecular complexity index is 55.1. The molecule has 2 heteroatoms. The van der Waals surface area contributed by atoms with Crippen LogP contribution in [0.5, 0.6) is 0 Å². The molecule has 1 nitrogen and oxygen atoms in total. The van der Waals surface area contributed by atoms with Crippen molar-refractivity contribution in [3.8, 4) is 0 Å². The normalized spacial score (nSPS) is 7.33. The zero-order valence-corrected chi connectivity index (χ0v) is 4.59. The maximum absolute atomic E-state index is 6.32. The Balaban J connectivity index is 2.54. The molecule has 0 aliphatic heterocycles. The lowest BCUT2D eigenvalue weighted by molar-refractivity contribution is 1.37. The Morgan fingerprint density at radius 2 is 2.50 bits per heavy atom. The fourth-order valence-corrected chi connectivity index (χ4v) is 0.411. The first-order chi connectivity index (χ1) is 2.91. The van der Waals surface area contributed by atoms with Gasteiger partial charge in [-0.3, -0.25) is 0 Å². The Morgan fingerprint density at radius 1 is 1.83 bits per heavy atom. The van der Waals surface area contributed by atoms with Gasteiger partial charge in [0.15, 0.2) is 0 Å². The monoisotopic (exact) mass is 101 g/mol. The lowest BCUT2D eigenvalue weighted by atomic mass is 10.8.